The molecule has 1 amide bonds. The van der Waals surface area contributed by atoms with E-state index in [1.165, 1.54) is 44.6 Å². The number of thioether (sulfide) groups is 1. The first-order valence-electron chi connectivity index (χ1n) is 10.3. The number of aromatic nitrogens is 2. The van der Waals surface area contributed by atoms with Gasteiger partial charge >= 0.3 is 5.97 Å². The van der Waals surface area contributed by atoms with Crippen molar-refractivity contribution in [1.29, 1.82) is 0 Å². The van der Waals surface area contributed by atoms with Crippen LogP contribution in [0.1, 0.15) is 73.2 Å². The Hall–Kier alpha value is -1.63. The predicted octanol–water partition coefficient (Wildman–Crippen LogP) is 3.48. The minimum absolute atomic E-state index is 0.000302. The molecule has 3 aliphatic carbocycles. The second-order valence-corrected chi connectivity index (χ2v) is 9.56. The summed E-state index contributed by atoms with van der Waals surface area (Å²) in [5.74, 6) is 3.23. The summed E-state index contributed by atoms with van der Waals surface area (Å²) in [7, 11) is 1.36. The molecule has 3 saturated carbocycles. The van der Waals surface area contributed by atoms with Gasteiger partial charge in [-0.2, -0.15) is 0 Å². The van der Waals surface area contributed by atoms with E-state index in [0.717, 1.165) is 30.5 Å². The van der Waals surface area contributed by atoms with Crippen molar-refractivity contribution in [3.05, 3.63) is 17.1 Å². The van der Waals surface area contributed by atoms with Crippen LogP contribution in [0.3, 0.4) is 0 Å². The number of nitrogens with one attached hydrogen (secondary N) is 1. The first-order valence-corrected chi connectivity index (χ1v) is 11.3. The van der Waals surface area contributed by atoms with E-state index >= 15 is 0 Å². The zero-order valence-corrected chi connectivity index (χ0v) is 17.7. The number of nitrogens with zero attached hydrogens (tertiary/aromatic N) is 2. The minimum atomic E-state index is -0.446. The van der Waals surface area contributed by atoms with Crippen LogP contribution in [0.15, 0.2) is 5.03 Å². The molecule has 3 fully saturated rings. The predicted molar refractivity (Wildman–Crippen MR) is 107 cm³/mol. The molecule has 4 rings (SSSR count). The highest BCUT2D eigenvalue weighted by atomic mass is 32.2. The van der Waals surface area contributed by atoms with Gasteiger partial charge in [0.2, 0.25) is 5.91 Å². The van der Waals surface area contributed by atoms with E-state index in [9.17, 15) is 9.59 Å². The van der Waals surface area contributed by atoms with Gasteiger partial charge in [-0.3, -0.25) is 4.79 Å². The number of carbonyl (C=O) groups excluding carboxylic acids is 2. The van der Waals surface area contributed by atoms with Gasteiger partial charge in [-0.05, 0) is 63.7 Å². The van der Waals surface area contributed by atoms with Crippen LogP contribution in [0.2, 0.25) is 0 Å². The van der Waals surface area contributed by atoms with E-state index in [2.05, 4.69) is 22.2 Å². The Morgan fingerprint density at radius 1 is 1.21 bits per heavy atom. The van der Waals surface area contributed by atoms with Crippen LogP contribution in [0.4, 0.5) is 0 Å². The van der Waals surface area contributed by atoms with Crippen molar-refractivity contribution < 1.29 is 14.3 Å². The summed E-state index contributed by atoms with van der Waals surface area (Å²) in [6.45, 7) is 3.94. The van der Waals surface area contributed by atoms with Gasteiger partial charge in [0.15, 0.2) is 0 Å². The van der Waals surface area contributed by atoms with Gasteiger partial charge in [-0.1, -0.05) is 18.2 Å². The summed E-state index contributed by atoms with van der Waals surface area (Å²) in [5.41, 5.74) is 1.01. The fraction of sp³-hybridized carbons (Fsp3) is 0.714. The van der Waals surface area contributed by atoms with Crippen molar-refractivity contribution in [2.75, 3.05) is 12.9 Å². The Labute approximate surface area is 170 Å². The van der Waals surface area contributed by atoms with Gasteiger partial charge in [-0.25, -0.2) is 14.8 Å². The molecule has 28 heavy (non-hydrogen) atoms. The SMILES string of the molecule is COC(=O)c1c(C)nc(C2CC2)nc1SCC(=O)N[C@H](C)[C@H]1C[C@H]2CC[C@H]1C2. The summed E-state index contributed by atoms with van der Waals surface area (Å²) in [6, 6.07) is 0.206. The highest BCUT2D eigenvalue weighted by molar-refractivity contribution is 8.00. The van der Waals surface area contributed by atoms with E-state index in [1.807, 2.05) is 0 Å². The van der Waals surface area contributed by atoms with Gasteiger partial charge in [0.25, 0.3) is 0 Å². The average molecular weight is 404 g/mol. The Morgan fingerprint density at radius 3 is 2.61 bits per heavy atom. The maximum Gasteiger partial charge on any atom is 0.342 e. The Kier molecular flexibility index (Phi) is 5.63. The van der Waals surface area contributed by atoms with Crippen molar-refractivity contribution in [2.45, 2.75) is 69.4 Å². The molecule has 1 aromatic rings. The molecule has 6 nitrogen and oxygen atoms in total. The molecular formula is C21H29N3O3S. The fourth-order valence-corrected chi connectivity index (χ4v) is 5.86. The summed E-state index contributed by atoms with van der Waals surface area (Å²) in [4.78, 5) is 33.9. The third kappa shape index (κ3) is 4.04. The van der Waals surface area contributed by atoms with Crippen molar-refractivity contribution in [2.24, 2.45) is 17.8 Å². The number of hydrogen-bond donors (Lipinski definition) is 1. The molecule has 0 spiro atoms. The lowest BCUT2D eigenvalue weighted by Crippen LogP contribution is -2.41. The Bertz CT molecular complexity index is 780. The lowest BCUT2D eigenvalue weighted by atomic mass is 9.84. The molecule has 0 aliphatic heterocycles. The van der Waals surface area contributed by atoms with Crippen LogP contribution < -0.4 is 5.32 Å². The molecule has 7 heteroatoms. The topological polar surface area (TPSA) is 81.2 Å². The van der Waals surface area contributed by atoms with E-state index in [1.54, 1.807) is 6.92 Å². The third-order valence-electron chi connectivity index (χ3n) is 6.57. The molecule has 1 aromatic heterocycles. The minimum Gasteiger partial charge on any atom is -0.465 e. The maximum atomic E-state index is 12.6. The van der Waals surface area contributed by atoms with Crippen LogP contribution in [0.5, 0.6) is 0 Å². The van der Waals surface area contributed by atoms with Gasteiger partial charge in [0.1, 0.15) is 16.4 Å². The number of aryl methyl sites for hydroxylation is 1. The molecule has 2 bridgehead atoms. The van der Waals surface area contributed by atoms with Crippen molar-refractivity contribution in [3.8, 4) is 0 Å². The molecule has 0 saturated heterocycles. The number of carbonyl (C=O) groups is 2. The normalized spacial score (nSPS) is 26.9. The van der Waals surface area contributed by atoms with Gasteiger partial charge in [0, 0.05) is 12.0 Å². The summed E-state index contributed by atoms with van der Waals surface area (Å²) >= 11 is 1.31. The maximum absolute atomic E-state index is 12.6. The van der Waals surface area contributed by atoms with Crippen molar-refractivity contribution in [1.82, 2.24) is 15.3 Å². The van der Waals surface area contributed by atoms with Crippen LogP contribution >= 0.6 is 11.8 Å². The van der Waals surface area contributed by atoms with Gasteiger partial charge in [-0.15, -0.1) is 0 Å². The summed E-state index contributed by atoms with van der Waals surface area (Å²) in [6.07, 6.45) is 7.44. The highest BCUT2D eigenvalue weighted by Gasteiger charge is 2.42. The van der Waals surface area contributed by atoms with Crippen molar-refractivity contribution >= 4 is 23.6 Å². The standard InChI is InChI=1S/C21H29N3O3S/c1-11(16-9-13-4-5-15(16)8-13)22-17(25)10-28-20-18(21(26)27-3)12(2)23-19(24-20)14-6-7-14/h11,13-16H,4-10H2,1-3H3,(H,22,25)/t11-,13+,15+,16-/m1/s1. The van der Waals surface area contributed by atoms with E-state index in [-0.39, 0.29) is 17.7 Å². The second kappa shape index (κ2) is 8.01. The largest absolute Gasteiger partial charge is 0.465 e. The number of methoxy groups -OCH3 is 1. The van der Waals surface area contributed by atoms with Crippen LogP contribution in [-0.4, -0.2) is 40.7 Å². The highest BCUT2D eigenvalue weighted by Crippen LogP contribution is 2.49. The number of ether oxygens (including phenoxy) is 1. The number of fused-ring (bicyclic) bond motifs is 2. The van der Waals surface area contributed by atoms with Gasteiger partial charge in [0.05, 0.1) is 18.6 Å². The molecule has 1 N–H and O–H groups in total. The molecule has 1 heterocycles. The van der Waals surface area contributed by atoms with E-state index in [4.69, 9.17) is 4.74 Å². The third-order valence-corrected chi connectivity index (χ3v) is 7.55. The van der Waals surface area contributed by atoms with Crippen molar-refractivity contribution in [3.63, 3.8) is 0 Å². The monoisotopic (exact) mass is 403 g/mol. The zero-order chi connectivity index (χ0) is 19.8. The fourth-order valence-electron chi connectivity index (χ4n) is 4.98. The number of esters is 1. The molecule has 152 valence electrons. The van der Waals surface area contributed by atoms with E-state index in [0.29, 0.717) is 28.1 Å². The molecule has 0 aromatic carbocycles. The van der Waals surface area contributed by atoms with E-state index < -0.39 is 5.97 Å². The average Bonchev–Trinajstić information content (AvgIpc) is 3.31. The first-order chi connectivity index (χ1) is 13.5. The van der Waals surface area contributed by atoms with Crippen LogP contribution in [-0.2, 0) is 9.53 Å². The van der Waals surface area contributed by atoms with Gasteiger partial charge < -0.3 is 10.1 Å². The first kappa shape index (κ1) is 19.7. The zero-order valence-electron chi connectivity index (χ0n) is 16.9. The molecule has 3 aliphatic rings. The summed E-state index contributed by atoms with van der Waals surface area (Å²) in [5, 5.41) is 3.74. The second-order valence-electron chi connectivity index (χ2n) is 8.60. The molecule has 0 radical (unpaired) electrons. The molecular weight excluding hydrogens is 374 g/mol. The Morgan fingerprint density at radius 2 is 2.00 bits per heavy atom. The number of rotatable bonds is 7. The quantitative estimate of drug-likeness (QED) is 0.426. The van der Waals surface area contributed by atoms with Crippen LogP contribution in [0, 0.1) is 24.7 Å². The lowest BCUT2D eigenvalue weighted by Gasteiger charge is -2.28. The van der Waals surface area contributed by atoms with Crippen LogP contribution in [0.25, 0.3) is 0 Å². The smallest absolute Gasteiger partial charge is 0.342 e. The number of hydrogen-bond acceptors (Lipinski definition) is 6. The summed E-state index contributed by atoms with van der Waals surface area (Å²) < 4.78 is 4.91. The molecule has 0 unspecified atom stereocenters. The Balaban J connectivity index is 1.40. The lowest BCUT2D eigenvalue weighted by molar-refractivity contribution is -0.119. The number of amides is 1. The molecule has 4 atom stereocenters.